The number of allylic oxidation sites excluding steroid dienone is 1. The first-order valence-corrected chi connectivity index (χ1v) is 7.24. The number of carbonyl (C=O) groups is 1. The quantitative estimate of drug-likeness (QED) is 0.695. The van der Waals surface area contributed by atoms with E-state index in [-0.39, 0.29) is 11.3 Å². The van der Waals surface area contributed by atoms with E-state index >= 15 is 0 Å². The third-order valence-corrected chi connectivity index (χ3v) is 3.42. The number of halogens is 1. The number of rotatable bonds is 3. The van der Waals surface area contributed by atoms with E-state index in [2.05, 4.69) is 0 Å². The van der Waals surface area contributed by atoms with Crippen molar-refractivity contribution in [1.29, 1.82) is 0 Å². The Hall–Kier alpha value is -2.82. The summed E-state index contributed by atoms with van der Waals surface area (Å²) in [4.78, 5) is 12.1. The molecule has 0 radical (unpaired) electrons. The van der Waals surface area contributed by atoms with Gasteiger partial charge in [-0.2, -0.15) is 0 Å². The molecule has 0 spiro atoms. The van der Waals surface area contributed by atoms with E-state index in [4.69, 9.17) is 9.47 Å². The van der Waals surface area contributed by atoms with Gasteiger partial charge in [0.2, 0.25) is 0 Å². The summed E-state index contributed by atoms with van der Waals surface area (Å²) in [7, 11) is 0. The Labute approximate surface area is 132 Å². The number of hydrogen-bond donors (Lipinski definition) is 1. The van der Waals surface area contributed by atoms with Crippen LogP contribution in [0.5, 0.6) is 17.2 Å². The van der Waals surface area contributed by atoms with Gasteiger partial charge in [0, 0.05) is 6.42 Å². The molecule has 0 aliphatic carbocycles. The molecule has 0 atom stereocenters. The molecule has 2 aromatic rings. The molecule has 1 N–H and O–H groups in total. The third-order valence-electron chi connectivity index (χ3n) is 3.42. The number of ether oxygens (including phenoxy) is 2. The van der Waals surface area contributed by atoms with Gasteiger partial charge in [-0.25, -0.2) is 4.39 Å². The van der Waals surface area contributed by atoms with Crippen LogP contribution < -0.4 is 9.47 Å². The molecule has 1 aliphatic rings. The summed E-state index contributed by atoms with van der Waals surface area (Å²) in [6.45, 7) is 1.19. The molecule has 0 unspecified atom stereocenters. The van der Waals surface area contributed by atoms with Gasteiger partial charge in [-0.1, -0.05) is 12.1 Å². The summed E-state index contributed by atoms with van der Waals surface area (Å²) >= 11 is 0. The molecular formula is C18H15FO4. The van der Waals surface area contributed by atoms with Crippen LogP contribution >= 0.6 is 0 Å². The first-order valence-electron chi connectivity index (χ1n) is 7.24. The van der Waals surface area contributed by atoms with Crippen molar-refractivity contribution in [2.45, 2.75) is 6.42 Å². The molecule has 0 fully saturated rings. The maximum Gasteiger partial charge on any atom is 0.189 e. The number of phenols is 1. The zero-order valence-electron chi connectivity index (χ0n) is 12.3. The Morgan fingerprint density at radius 3 is 2.70 bits per heavy atom. The predicted octanol–water partition coefficient (Wildman–Crippen LogP) is 3.59. The van der Waals surface area contributed by atoms with Crippen molar-refractivity contribution in [2.75, 3.05) is 13.2 Å². The van der Waals surface area contributed by atoms with Crippen LogP contribution in [0, 0.1) is 5.82 Å². The van der Waals surface area contributed by atoms with Crippen LogP contribution in [-0.4, -0.2) is 24.1 Å². The number of phenolic OH excluding ortho intramolecular Hbond substituents is 1. The van der Waals surface area contributed by atoms with E-state index in [1.165, 1.54) is 6.08 Å². The van der Waals surface area contributed by atoms with Crippen LogP contribution in [0.4, 0.5) is 4.39 Å². The highest BCUT2D eigenvalue weighted by Crippen LogP contribution is 2.31. The molecule has 0 bridgehead atoms. The van der Waals surface area contributed by atoms with Gasteiger partial charge in [-0.15, -0.1) is 0 Å². The maximum absolute atomic E-state index is 13.2. The zero-order chi connectivity index (χ0) is 16.2. The molecule has 118 valence electrons. The number of fused-ring (bicyclic) bond motifs is 1. The molecule has 1 aliphatic heterocycles. The van der Waals surface area contributed by atoms with Crippen LogP contribution in [-0.2, 0) is 0 Å². The van der Waals surface area contributed by atoms with E-state index in [1.54, 1.807) is 24.3 Å². The van der Waals surface area contributed by atoms with Gasteiger partial charge in [-0.05, 0) is 42.0 Å². The Bertz CT molecular complexity index is 768. The molecule has 0 aromatic heterocycles. The van der Waals surface area contributed by atoms with E-state index in [1.807, 2.05) is 0 Å². The van der Waals surface area contributed by atoms with Crippen LogP contribution in [0.25, 0.3) is 6.08 Å². The van der Waals surface area contributed by atoms with Gasteiger partial charge < -0.3 is 14.6 Å². The first-order chi connectivity index (χ1) is 11.1. The van der Waals surface area contributed by atoms with Gasteiger partial charge in [0.15, 0.2) is 17.3 Å². The number of carbonyl (C=O) groups excluding carboxylic acids is 1. The van der Waals surface area contributed by atoms with Crippen molar-refractivity contribution in [2.24, 2.45) is 0 Å². The SMILES string of the molecule is O=C(/C=C/c1ccc2c(c1)OCCCO2)c1cc(F)ccc1O. The van der Waals surface area contributed by atoms with E-state index in [0.29, 0.717) is 24.7 Å². The van der Waals surface area contributed by atoms with Crippen molar-refractivity contribution in [1.82, 2.24) is 0 Å². The van der Waals surface area contributed by atoms with E-state index in [9.17, 15) is 14.3 Å². The van der Waals surface area contributed by atoms with Crippen LogP contribution in [0.1, 0.15) is 22.3 Å². The minimum atomic E-state index is -0.574. The van der Waals surface area contributed by atoms with E-state index < -0.39 is 11.6 Å². The molecule has 5 heteroatoms. The highest BCUT2D eigenvalue weighted by Gasteiger charge is 2.11. The lowest BCUT2D eigenvalue weighted by Crippen LogP contribution is -1.97. The molecule has 1 heterocycles. The van der Waals surface area contributed by atoms with Crippen molar-refractivity contribution in [3.8, 4) is 17.2 Å². The van der Waals surface area contributed by atoms with Crippen LogP contribution in [0.15, 0.2) is 42.5 Å². The normalized spacial score (nSPS) is 13.8. The van der Waals surface area contributed by atoms with Gasteiger partial charge in [0.25, 0.3) is 0 Å². The second kappa shape index (κ2) is 6.52. The number of ketones is 1. The smallest absolute Gasteiger partial charge is 0.189 e. The Morgan fingerprint density at radius 2 is 1.87 bits per heavy atom. The molecule has 4 nitrogen and oxygen atoms in total. The second-order valence-corrected chi connectivity index (χ2v) is 5.12. The molecule has 0 amide bonds. The summed E-state index contributed by atoms with van der Waals surface area (Å²) in [6.07, 6.45) is 3.69. The summed E-state index contributed by atoms with van der Waals surface area (Å²) in [5, 5.41) is 9.63. The molecule has 0 saturated heterocycles. The fraction of sp³-hybridized carbons (Fsp3) is 0.167. The van der Waals surface area contributed by atoms with Gasteiger partial charge in [0.1, 0.15) is 11.6 Å². The minimum Gasteiger partial charge on any atom is -0.507 e. The lowest BCUT2D eigenvalue weighted by molar-refractivity contribution is 0.104. The van der Waals surface area contributed by atoms with Gasteiger partial charge in [0.05, 0.1) is 18.8 Å². The summed E-state index contributed by atoms with van der Waals surface area (Å²) in [5.41, 5.74) is 0.675. The average molecular weight is 314 g/mol. The third kappa shape index (κ3) is 3.51. The lowest BCUT2D eigenvalue weighted by atomic mass is 10.1. The minimum absolute atomic E-state index is 0.0735. The monoisotopic (exact) mass is 314 g/mol. The molecule has 23 heavy (non-hydrogen) atoms. The fourth-order valence-electron chi connectivity index (χ4n) is 2.25. The molecular weight excluding hydrogens is 299 g/mol. The average Bonchev–Trinajstić information content (AvgIpc) is 2.79. The number of benzene rings is 2. The summed E-state index contributed by atoms with van der Waals surface area (Å²) < 4.78 is 24.3. The van der Waals surface area contributed by atoms with Crippen molar-refractivity contribution >= 4 is 11.9 Å². The van der Waals surface area contributed by atoms with E-state index in [0.717, 1.165) is 30.2 Å². The second-order valence-electron chi connectivity index (χ2n) is 5.12. The van der Waals surface area contributed by atoms with Gasteiger partial charge >= 0.3 is 0 Å². The highest BCUT2D eigenvalue weighted by molar-refractivity contribution is 6.08. The fourth-order valence-corrected chi connectivity index (χ4v) is 2.25. The standard InChI is InChI=1S/C18H15FO4/c19-13-4-6-16(21)14(11-13)15(20)5-2-12-3-7-17-18(10-12)23-9-1-8-22-17/h2-7,10-11,21H,1,8-9H2/b5-2+. The van der Waals surface area contributed by atoms with Crippen molar-refractivity contribution in [3.63, 3.8) is 0 Å². The first kappa shape index (κ1) is 15.1. The number of aromatic hydroxyl groups is 1. The van der Waals surface area contributed by atoms with Crippen molar-refractivity contribution < 1.29 is 23.8 Å². The van der Waals surface area contributed by atoms with Crippen LogP contribution in [0.3, 0.4) is 0 Å². The summed E-state index contributed by atoms with van der Waals surface area (Å²) in [5.74, 6) is 0.00315. The highest BCUT2D eigenvalue weighted by atomic mass is 19.1. The predicted molar refractivity (Wildman–Crippen MR) is 83.5 cm³/mol. The topological polar surface area (TPSA) is 55.8 Å². The molecule has 3 rings (SSSR count). The molecule has 2 aromatic carbocycles. The van der Waals surface area contributed by atoms with Crippen LogP contribution in [0.2, 0.25) is 0 Å². The zero-order valence-corrected chi connectivity index (χ0v) is 12.3. The largest absolute Gasteiger partial charge is 0.507 e. The lowest BCUT2D eigenvalue weighted by Gasteiger charge is -2.07. The Morgan fingerprint density at radius 1 is 1.09 bits per heavy atom. The Kier molecular flexibility index (Phi) is 4.28. The Balaban J connectivity index is 1.81. The van der Waals surface area contributed by atoms with Crippen molar-refractivity contribution in [3.05, 3.63) is 59.4 Å². The molecule has 0 saturated carbocycles. The number of hydrogen-bond acceptors (Lipinski definition) is 4. The van der Waals surface area contributed by atoms with Gasteiger partial charge in [-0.3, -0.25) is 4.79 Å². The summed E-state index contributed by atoms with van der Waals surface area (Å²) in [6, 6.07) is 8.61. The maximum atomic E-state index is 13.2.